The van der Waals surface area contributed by atoms with Crippen LogP contribution in [0.1, 0.15) is 17.5 Å². The maximum absolute atomic E-state index is 5.52. The van der Waals surface area contributed by atoms with Crippen molar-refractivity contribution in [2.24, 2.45) is 10.7 Å². The highest BCUT2D eigenvalue weighted by atomic mass is 16.5. The monoisotopic (exact) mass is 295 g/mol. The number of ether oxygens (including phenoxy) is 1. The Hall–Kier alpha value is -2.49. The average molecular weight is 295 g/mol. The second-order valence-corrected chi connectivity index (χ2v) is 5.66. The molecule has 114 valence electrons. The lowest BCUT2D eigenvalue weighted by molar-refractivity contribution is 0.308. The standard InChI is InChI=1S/C18H21N3O/c1-13-2-7-15(8-3-13)20-16-9-4-14(5-10-16)6-11-17-12-22-18(19)21-17/h2-5,7-10,17,20H,6,11-12H2,1H3,(H2,19,21). The average Bonchev–Trinajstić information content (AvgIpc) is 2.94. The summed E-state index contributed by atoms with van der Waals surface area (Å²) in [4.78, 5) is 4.24. The molecule has 0 saturated carbocycles. The van der Waals surface area contributed by atoms with Crippen LogP contribution in [0.3, 0.4) is 0 Å². The molecule has 2 aromatic carbocycles. The zero-order chi connectivity index (χ0) is 15.4. The first-order chi connectivity index (χ1) is 10.7. The van der Waals surface area contributed by atoms with E-state index < -0.39 is 0 Å². The number of nitrogens with two attached hydrogens (primary N) is 1. The zero-order valence-electron chi connectivity index (χ0n) is 12.8. The van der Waals surface area contributed by atoms with Crippen LogP contribution in [-0.2, 0) is 11.2 Å². The number of hydrogen-bond donors (Lipinski definition) is 2. The minimum atomic E-state index is 0.199. The van der Waals surface area contributed by atoms with Gasteiger partial charge in [-0.1, -0.05) is 29.8 Å². The molecule has 4 nitrogen and oxygen atoms in total. The molecule has 0 aromatic heterocycles. The van der Waals surface area contributed by atoms with E-state index in [1.807, 2.05) is 0 Å². The summed E-state index contributed by atoms with van der Waals surface area (Å²) in [7, 11) is 0. The summed E-state index contributed by atoms with van der Waals surface area (Å²) in [6.45, 7) is 2.70. The molecule has 2 aromatic rings. The molecule has 22 heavy (non-hydrogen) atoms. The molecule has 0 amide bonds. The number of nitrogens with zero attached hydrogens (tertiary/aromatic N) is 1. The van der Waals surface area contributed by atoms with Crippen molar-refractivity contribution in [2.45, 2.75) is 25.8 Å². The van der Waals surface area contributed by atoms with Gasteiger partial charge < -0.3 is 15.8 Å². The minimum absolute atomic E-state index is 0.199. The highest BCUT2D eigenvalue weighted by Crippen LogP contribution is 2.19. The molecule has 4 heteroatoms. The fourth-order valence-corrected chi connectivity index (χ4v) is 2.48. The van der Waals surface area contributed by atoms with Crippen LogP contribution in [-0.4, -0.2) is 18.7 Å². The molecule has 1 atom stereocenters. The van der Waals surface area contributed by atoms with Crippen molar-refractivity contribution in [1.29, 1.82) is 0 Å². The van der Waals surface area contributed by atoms with Gasteiger partial charge in [-0.3, -0.25) is 0 Å². The van der Waals surface area contributed by atoms with Crippen LogP contribution >= 0.6 is 0 Å². The van der Waals surface area contributed by atoms with Crippen molar-refractivity contribution in [3.63, 3.8) is 0 Å². The molecule has 1 heterocycles. The fraction of sp³-hybridized carbons (Fsp3) is 0.278. The first kappa shape index (κ1) is 14.4. The quantitative estimate of drug-likeness (QED) is 0.889. The Morgan fingerprint density at radius 3 is 2.32 bits per heavy atom. The molecule has 1 aliphatic rings. The van der Waals surface area contributed by atoms with Crippen LogP contribution in [0.15, 0.2) is 53.5 Å². The Kier molecular flexibility index (Phi) is 4.28. The van der Waals surface area contributed by atoms with E-state index in [1.165, 1.54) is 11.1 Å². The number of anilines is 2. The van der Waals surface area contributed by atoms with Crippen LogP contribution in [0.5, 0.6) is 0 Å². The van der Waals surface area contributed by atoms with E-state index in [9.17, 15) is 0 Å². The number of rotatable bonds is 5. The molecule has 3 rings (SSSR count). The highest BCUT2D eigenvalue weighted by molar-refractivity contribution is 5.73. The van der Waals surface area contributed by atoms with Crippen molar-refractivity contribution in [3.05, 3.63) is 59.7 Å². The number of benzene rings is 2. The second-order valence-electron chi connectivity index (χ2n) is 5.66. The summed E-state index contributed by atoms with van der Waals surface area (Å²) in [5.41, 5.74) is 10.3. The molecule has 0 radical (unpaired) electrons. The Bertz CT molecular complexity index is 647. The van der Waals surface area contributed by atoms with E-state index in [2.05, 4.69) is 65.8 Å². The molecule has 0 bridgehead atoms. The molecule has 1 aliphatic heterocycles. The van der Waals surface area contributed by atoms with E-state index >= 15 is 0 Å². The van der Waals surface area contributed by atoms with Crippen LogP contribution in [0.2, 0.25) is 0 Å². The van der Waals surface area contributed by atoms with E-state index in [1.54, 1.807) is 0 Å². The maximum atomic E-state index is 5.52. The van der Waals surface area contributed by atoms with Gasteiger partial charge in [0.1, 0.15) is 6.61 Å². The van der Waals surface area contributed by atoms with Crippen molar-refractivity contribution >= 4 is 17.4 Å². The third-order valence-corrected chi connectivity index (χ3v) is 3.79. The lowest BCUT2D eigenvalue weighted by Gasteiger charge is -2.09. The third kappa shape index (κ3) is 3.79. The third-order valence-electron chi connectivity index (χ3n) is 3.79. The highest BCUT2D eigenvalue weighted by Gasteiger charge is 2.15. The summed E-state index contributed by atoms with van der Waals surface area (Å²) in [5, 5.41) is 3.40. The van der Waals surface area contributed by atoms with E-state index in [4.69, 9.17) is 10.5 Å². The van der Waals surface area contributed by atoms with Crippen LogP contribution in [0.4, 0.5) is 11.4 Å². The van der Waals surface area contributed by atoms with Gasteiger partial charge in [0, 0.05) is 11.4 Å². The summed E-state index contributed by atoms with van der Waals surface area (Å²) in [6.07, 6.45) is 1.95. The molecule has 0 fully saturated rings. The van der Waals surface area contributed by atoms with Crippen LogP contribution in [0, 0.1) is 6.92 Å². The minimum Gasteiger partial charge on any atom is -0.463 e. The maximum Gasteiger partial charge on any atom is 0.282 e. The summed E-state index contributed by atoms with van der Waals surface area (Å²) in [5.74, 6) is 0. The zero-order valence-corrected chi connectivity index (χ0v) is 12.8. The van der Waals surface area contributed by atoms with Crippen molar-refractivity contribution < 1.29 is 4.74 Å². The second kappa shape index (κ2) is 6.52. The van der Waals surface area contributed by atoms with Gasteiger partial charge in [0.15, 0.2) is 0 Å². The van der Waals surface area contributed by atoms with Crippen molar-refractivity contribution in [1.82, 2.24) is 0 Å². The van der Waals surface area contributed by atoms with Gasteiger partial charge in [-0.05, 0) is 49.6 Å². The number of aryl methyl sites for hydroxylation is 2. The van der Waals surface area contributed by atoms with Gasteiger partial charge in [0.05, 0.1) is 6.04 Å². The first-order valence-electron chi connectivity index (χ1n) is 7.58. The van der Waals surface area contributed by atoms with Gasteiger partial charge in [-0.15, -0.1) is 0 Å². The fourth-order valence-electron chi connectivity index (χ4n) is 2.48. The van der Waals surface area contributed by atoms with Crippen LogP contribution < -0.4 is 11.1 Å². The van der Waals surface area contributed by atoms with E-state index in [0.29, 0.717) is 12.6 Å². The lowest BCUT2D eigenvalue weighted by atomic mass is 10.1. The number of amidine groups is 1. The summed E-state index contributed by atoms with van der Waals surface area (Å²) in [6, 6.07) is 17.4. The molecular weight excluding hydrogens is 274 g/mol. The largest absolute Gasteiger partial charge is 0.463 e. The van der Waals surface area contributed by atoms with Gasteiger partial charge in [-0.2, -0.15) is 0 Å². The lowest BCUT2D eigenvalue weighted by Crippen LogP contribution is -2.10. The number of nitrogens with one attached hydrogen (secondary N) is 1. The molecular formula is C18H21N3O. The summed E-state index contributed by atoms with van der Waals surface area (Å²) < 4.78 is 5.17. The molecule has 0 saturated heterocycles. The molecule has 1 unspecified atom stereocenters. The van der Waals surface area contributed by atoms with E-state index in [0.717, 1.165) is 24.2 Å². The topological polar surface area (TPSA) is 59.6 Å². The first-order valence-corrected chi connectivity index (χ1v) is 7.58. The smallest absolute Gasteiger partial charge is 0.282 e. The Morgan fingerprint density at radius 2 is 1.73 bits per heavy atom. The van der Waals surface area contributed by atoms with E-state index in [-0.39, 0.29) is 6.04 Å². The van der Waals surface area contributed by atoms with Crippen molar-refractivity contribution in [3.8, 4) is 0 Å². The Balaban J connectivity index is 1.54. The van der Waals surface area contributed by atoms with Gasteiger partial charge in [0.2, 0.25) is 0 Å². The number of aliphatic imine (C=N–C) groups is 1. The molecule has 0 spiro atoms. The number of hydrogen-bond acceptors (Lipinski definition) is 4. The van der Waals surface area contributed by atoms with Crippen LogP contribution in [0.25, 0.3) is 0 Å². The molecule has 0 aliphatic carbocycles. The Labute approximate surface area is 131 Å². The predicted octanol–water partition coefficient (Wildman–Crippen LogP) is 3.38. The van der Waals surface area contributed by atoms with Crippen molar-refractivity contribution in [2.75, 3.05) is 11.9 Å². The van der Waals surface area contributed by atoms with Gasteiger partial charge in [-0.25, -0.2) is 4.99 Å². The molecule has 3 N–H and O–H groups in total. The predicted molar refractivity (Wildman–Crippen MR) is 90.6 cm³/mol. The Morgan fingerprint density at radius 1 is 1.09 bits per heavy atom. The van der Waals surface area contributed by atoms with Gasteiger partial charge >= 0.3 is 0 Å². The SMILES string of the molecule is Cc1ccc(Nc2ccc(CCC3COC(N)=N3)cc2)cc1. The van der Waals surface area contributed by atoms with Gasteiger partial charge in [0.25, 0.3) is 6.02 Å². The normalized spacial score (nSPS) is 17.0. The summed E-state index contributed by atoms with van der Waals surface area (Å²) >= 11 is 0.